The molecule has 0 aliphatic rings. The predicted molar refractivity (Wildman–Crippen MR) is 91.1 cm³/mol. The van der Waals surface area contributed by atoms with Gasteiger partial charge in [0.05, 0.1) is 19.9 Å². The van der Waals surface area contributed by atoms with Crippen LogP contribution in [0.25, 0.3) is 0 Å². The van der Waals surface area contributed by atoms with Gasteiger partial charge in [-0.2, -0.15) is 5.10 Å². The van der Waals surface area contributed by atoms with Crippen molar-refractivity contribution in [1.82, 2.24) is 9.78 Å². The van der Waals surface area contributed by atoms with E-state index in [2.05, 4.69) is 15.7 Å². The van der Waals surface area contributed by atoms with E-state index in [4.69, 9.17) is 27.4 Å². The maximum Gasteiger partial charge on any atom is 0.271 e. The topological polar surface area (TPSA) is 103 Å². The molecule has 9 heteroatoms. The molecule has 0 aliphatic heterocycles. The minimum atomic E-state index is -0.637. The smallest absolute Gasteiger partial charge is 0.271 e. The number of nitrogens with one attached hydrogen (secondary N) is 2. The van der Waals surface area contributed by atoms with Crippen molar-refractivity contribution in [3.05, 3.63) is 30.1 Å². The fourth-order valence-electron chi connectivity index (χ4n) is 1.96. The highest BCUT2D eigenvalue weighted by molar-refractivity contribution is 7.80. The van der Waals surface area contributed by atoms with Crippen LogP contribution in [0, 0.1) is 0 Å². The standard InChI is InChI=1S/C14H17N5O3S/c1-19-7-9(12(18-19)13(15)20)17-14(23)16-8-4-5-10(21-2)11(6-8)22-3/h4-7H,1-3H3,(H2,15,20)(H2,16,17,23). The Bertz CT molecular complexity index is 744. The quantitative estimate of drug-likeness (QED) is 0.709. The third-order valence-electron chi connectivity index (χ3n) is 2.95. The first kappa shape index (κ1) is 16.6. The lowest BCUT2D eigenvalue weighted by atomic mass is 10.3. The number of ether oxygens (including phenoxy) is 2. The van der Waals surface area contributed by atoms with Crippen molar-refractivity contribution in [3.63, 3.8) is 0 Å². The number of amides is 1. The van der Waals surface area contributed by atoms with Crippen LogP contribution in [0.15, 0.2) is 24.4 Å². The van der Waals surface area contributed by atoms with Gasteiger partial charge in [0.25, 0.3) is 5.91 Å². The average Bonchev–Trinajstić information content (AvgIpc) is 2.87. The molecule has 1 aromatic carbocycles. The third kappa shape index (κ3) is 3.89. The molecule has 1 amide bonds. The van der Waals surface area contributed by atoms with Gasteiger partial charge in [0.1, 0.15) is 0 Å². The van der Waals surface area contributed by atoms with E-state index in [1.807, 2.05) is 0 Å². The van der Waals surface area contributed by atoms with Crippen LogP contribution in [0.1, 0.15) is 10.5 Å². The van der Waals surface area contributed by atoms with Gasteiger partial charge >= 0.3 is 0 Å². The Morgan fingerprint density at radius 1 is 1.26 bits per heavy atom. The number of nitrogens with two attached hydrogens (primary N) is 1. The third-order valence-corrected chi connectivity index (χ3v) is 3.16. The number of thiocarbonyl (C=S) groups is 1. The summed E-state index contributed by atoms with van der Waals surface area (Å²) in [6, 6.07) is 5.28. The number of hydrogen-bond donors (Lipinski definition) is 3. The van der Waals surface area contributed by atoms with E-state index in [0.717, 1.165) is 0 Å². The molecule has 23 heavy (non-hydrogen) atoms. The molecule has 1 heterocycles. The largest absolute Gasteiger partial charge is 0.493 e. The van der Waals surface area contributed by atoms with Crippen LogP contribution in [0.2, 0.25) is 0 Å². The molecule has 0 saturated heterocycles. The zero-order valence-corrected chi connectivity index (χ0v) is 13.7. The summed E-state index contributed by atoms with van der Waals surface area (Å²) in [6.45, 7) is 0. The van der Waals surface area contributed by atoms with E-state index in [1.54, 1.807) is 45.7 Å². The summed E-state index contributed by atoms with van der Waals surface area (Å²) >= 11 is 5.23. The number of nitrogens with zero attached hydrogens (tertiary/aromatic N) is 2. The van der Waals surface area contributed by atoms with E-state index in [0.29, 0.717) is 22.9 Å². The molecule has 2 rings (SSSR count). The Morgan fingerprint density at radius 2 is 1.96 bits per heavy atom. The number of carbonyl (C=O) groups is 1. The van der Waals surface area contributed by atoms with Gasteiger partial charge in [-0.05, 0) is 24.4 Å². The maximum atomic E-state index is 11.3. The summed E-state index contributed by atoms with van der Waals surface area (Å²) in [6.07, 6.45) is 1.61. The fourth-order valence-corrected chi connectivity index (χ4v) is 2.19. The van der Waals surface area contributed by atoms with E-state index >= 15 is 0 Å². The molecular formula is C14H17N5O3S. The summed E-state index contributed by atoms with van der Waals surface area (Å²) in [4.78, 5) is 11.3. The van der Waals surface area contributed by atoms with Crippen molar-refractivity contribution < 1.29 is 14.3 Å². The molecule has 4 N–H and O–H groups in total. The van der Waals surface area contributed by atoms with Gasteiger partial charge < -0.3 is 25.8 Å². The summed E-state index contributed by atoms with van der Waals surface area (Å²) < 4.78 is 11.9. The van der Waals surface area contributed by atoms with Crippen LogP contribution in [-0.2, 0) is 7.05 Å². The minimum Gasteiger partial charge on any atom is -0.493 e. The van der Waals surface area contributed by atoms with Gasteiger partial charge in [-0.1, -0.05) is 0 Å². The number of hydrogen-bond acceptors (Lipinski definition) is 5. The second-order valence-electron chi connectivity index (χ2n) is 4.58. The minimum absolute atomic E-state index is 0.115. The first-order chi connectivity index (χ1) is 10.9. The zero-order chi connectivity index (χ0) is 17.0. The Labute approximate surface area is 138 Å². The van der Waals surface area contributed by atoms with Crippen molar-refractivity contribution in [3.8, 4) is 11.5 Å². The number of aromatic nitrogens is 2. The summed E-state index contributed by atoms with van der Waals surface area (Å²) in [7, 11) is 4.79. The monoisotopic (exact) mass is 335 g/mol. The second kappa shape index (κ2) is 6.97. The molecule has 0 radical (unpaired) electrons. The highest BCUT2D eigenvalue weighted by atomic mass is 32.1. The van der Waals surface area contributed by atoms with Gasteiger partial charge in [0.2, 0.25) is 0 Å². The van der Waals surface area contributed by atoms with E-state index < -0.39 is 5.91 Å². The molecule has 0 aliphatic carbocycles. The molecule has 122 valence electrons. The van der Waals surface area contributed by atoms with Crippen molar-refractivity contribution in [2.75, 3.05) is 24.9 Å². The van der Waals surface area contributed by atoms with E-state index in [1.165, 1.54) is 4.68 Å². The Balaban J connectivity index is 2.12. The van der Waals surface area contributed by atoms with Crippen LogP contribution >= 0.6 is 12.2 Å². The first-order valence-corrected chi connectivity index (χ1v) is 6.99. The number of rotatable bonds is 5. The molecule has 1 aromatic heterocycles. The molecule has 0 unspecified atom stereocenters. The highest BCUT2D eigenvalue weighted by Gasteiger charge is 2.14. The number of primary amides is 1. The first-order valence-electron chi connectivity index (χ1n) is 6.58. The summed E-state index contributed by atoms with van der Waals surface area (Å²) in [5, 5.41) is 10.1. The number of anilines is 2. The average molecular weight is 335 g/mol. The molecule has 8 nitrogen and oxygen atoms in total. The molecule has 0 atom stereocenters. The van der Waals surface area contributed by atoms with Gasteiger partial charge in [0, 0.05) is 25.0 Å². The number of carbonyl (C=O) groups excluding carboxylic acids is 1. The van der Waals surface area contributed by atoms with Gasteiger partial charge in [-0.3, -0.25) is 9.48 Å². The van der Waals surface area contributed by atoms with Gasteiger partial charge in [-0.25, -0.2) is 0 Å². The number of methoxy groups -OCH3 is 2. The van der Waals surface area contributed by atoms with Crippen molar-refractivity contribution >= 4 is 34.6 Å². The van der Waals surface area contributed by atoms with E-state index in [9.17, 15) is 4.79 Å². The van der Waals surface area contributed by atoms with Crippen LogP contribution < -0.4 is 25.8 Å². The molecule has 0 fully saturated rings. The van der Waals surface area contributed by atoms with Gasteiger partial charge in [0.15, 0.2) is 22.3 Å². The zero-order valence-electron chi connectivity index (χ0n) is 12.9. The Hall–Kier alpha value is -2.81. The lowest BCUT2D eigenvalue weighted by Crippen LogP contribution is -2.21. The van der Waals surface area contributed by atoms with Crippen molar-refractivity contribution in [1.29, 1.82) is 0 Å². The molecule has 2 aromatic rings. The number of benzene rings is 1. The normalized spacial score (nSPS) is 10.0. The lowest BCUT2D eigenvalue weighted by Gasteiger charge is -2.12. The van der Waals surface area contributed by atoms with Crippen molar-refractivity contribution in [2.45, 2.75) is 0 Å². The highest BCUT2D eigenvalue weighted by Crippen LogP contribution is 2.29. The van der Waals surface area contributed by atoms with Crippen LogP contribution in [0.5, 0.6) is 11.5 Å². The fraction of sp³-hybridized carbons (Fsp3) is 0.214. The van der Waals surface area contributed by atoms with Crippen LogP contribution in [0.4, 0.5) is 11.4 Å². The summed E-state index contributed by atoms with van der Waals surface area (Å²) in [5.41, 5.74) is 6.52. The van der Waals surface area contributed by atoms with Gasteiger partial charge in [-0.15, -0.1) is 0 Å². The molecule has 0 saturated carbocycles. The maximum absolute atomic E-state index is 11.3. The van der Waals surface area contributed by atoms with Crippen LogP contribution in [0.3, 0.4) is 0 Å². The van der Waals surface area contributed by atoms with Crippen LogP contribution in [-0.4, -0.2) is 35.0 Å². The molecule has 0 spiro atoms. The molecular weight excluding hydrogens is 318 g/mol. The lowest BCUT2D eigenvalue weighted by molar-refractivity contribution is 0.0995. The van der Waals surface area contributed by atoms with E-state index in [-0.39, 0.29) is 10.8 Å². The second-order valence-corrected chi connectivity index (χ2v) is 4.99. The SMILES string of the molecule is COc1ccc(NC(=S)Nc2cn(C)nc2C(N)=O)cc1OC. The Kier molecular flexibility index (Phi) is 5.02. The predicted octanol–water partition coefficient (Wildman–Crippen LogP) is 1.35. The van der Waals surface area contributed by atoms with Crippen molar-refractivity contribution in [2.24, 2.45) is 12.8 Å². The molecule has 0 bridgehead atoms. The Morgan fingerprint density at radius 3 is 2.57 bits per heavy atom. The number of aryl methyl sites for hydroxylation is 1. The summed E-state index contributed by atoms with van der Waals surface area (Å²) in [5.74, 6) is 0.543.